The first-order chi connectivity index (χ1) is 20.6. The maximum Gasteiger partial charge on any atom is 0.161 e. The molecule has 4 heteroatoms. The van der Waals surface area contributed by atoms with E-state index < -0.39 is 0 Å². The minimum absolute atomic E-state index is 0.705. The Kier molecular flexibility index (Phi) is 5.48. The van der Waals surface area contributed by atoms with E-state index in [-0.39, 0.29) is 0 Å². The van der Waals surface area contributed by atoms with Gasteiger partial charge in [-0.15, -0.1) is 0 Å². The van der Waals surface area contributed by atoms with Crippen LogP contribution in [0.1, 0.15) is 11.1 Å². The van der Waals surface area contributed by atoms with Crippen molar-refractivity contribution in [2.45, 2.75) is 12.8 Å². The maximum atomic E-state index is 5.86. The molecule has 0 bridgehead atoms. The Hall–Kier alpha value is -4.96. The van der Waals surface area contributed by atoms with Gasteiger partial charge in [-0.2, -0.15) is 0 Å². The molecule has 0 atom stereocenters. The van der Waals surface area contributed by atoms with E-state index in [2.05, 4.69) is 60.7 Å². The van der Waals surface area contributed by atoms with Crippen LogP contribution in [0.5, 0.6) is 23.0 Å². The van der Waals surface area contributed by atoms with Crippen LogP contribution in [0.2, 0.25) is 0 Å². The minimum Gasteiger partial charge on any atom is -0.497 e. The summed E-state index contributed by atoms with van der Waals surface area (Å²) in [6.07, 6.45) is 2.19. The molecule has 0 saturated heterocycles. The van der Waals surface area contributed by atoms with E-state index in [4.69, 9.17) is 18.9 Å². The molecule has 0 N–H and O–H groups in total. The Labute approximate surface area is 245 Å². The lowest BCUT2D eigenvalue weighted by atomic mass is 9.82. The molecule has 6 aromatic carbocycles. The van der Waals surface area contributed by atoms with Crippen molar-refractivity contribution < 1.29 is 18.9 Å². The standard InChI is InChI=1S/C38H30O4/c1-39-25-13-7-23(8-14-25)34-29-19-31(41-3)32(42-4)20-30(29)35(24-9-15-26(40-2)16-10-24)38-28-18-12-22-6-5-21-11-17-27(37(34)38)36(28)33(21)22/h7-20H,5-6H2,1-4H3. The van der Waals surface area contributed by atoms with Gasteiger partial charge in [0.15, 0.2) is 11.5 Å². The second kappa shape index (κ2) is 9.28. The molecule has 2 aliphatic rings. The Balaban J connectivity index is 1.60. The highest BCUT2D eigenvalue weighted by Gasteiger charge is 2.33. The first-order valence-electron chi connectivity index (χ1n) is 14.3. The van der Waals surface area contributed by atoms with Crippen LogP contribution in [-0.4, -0.2) is 28.4 Å². The van der Waals surface area contributed by atoms with Gasteiger partial charge in [0.1, 0.15) is 11.5 Å². The lowest BCUT2D eigenvalue weighted by Gasteiger charge is -2.22. The molecular formula is C38H30O4. The highest BCUT2D eigenvalue weighted by molar-refractivity contribution is 6.28. The molecular weight excluding hydrogens is 520 g/mol. The van der Waals surface area contributed by atoms with Crippen LogP contribution in [0.25, 0.3) is 66.1 Å². The van der Waals surface area contributed by atoms with Crippen molar-refractivity contribution in [2.24, 2.45) is 0 Å². The van der Waals surface area contributed by atoms with Crippen LogP contribution in [0.4, 0.5) is 0 Å². The van der Waals surface area contributed by atoms with Gasteiger partial charge in [0.2, 0.25) is 0 Å². The molecule has 6 aromatic rings. The van der Waals surface area contributed by atoms with Crippen molar-refractivity contribution >= 4 is 21.5 Å². The SMILES string of the molecule is COc1ccc(-c2c3c(c(-c4ccc(OC)cc4)c4cc(OC)c(OC)cc24)-c2ccc4c5c(ccc-3c25)CC4)cc1. The molecule has 4 nitrogen and oxygen atoms in total. The maximum absolute atomic E-state index is 5.86. The van der Waals surface area contributed by atoms with E-state index in [9.17, 15) is 0 Å². The van der Waals surface area contributed by atoms with Crippen molar-refractivity contribution in [3.05, 3.63) is 96.1 Å². The fourth-order valence-electron chi connectivity index (χ4n) is 7.21. The Morgan fingerprint density at radius 3 is 1.24 bits per heavy atom. The van der Waals surface area contributed by atoms with E-state index in [1.807, 2.05) is 24.3 Å². The van der Waals surface area contributed by atoms with Crippen molar-refractivity contribution in [1.82, 2.24) is 0 Å². The number of ether oxygens (including phenoxy) is 4. The van der Waals surface area contributed by atoms with Crippen molar-refractivity contribution in [1.29, 1.82) is 0 Å². The number of hydrogen-bond acceptors (Lipinski definition) is 4. The molecule has 0 saturated carbocycles. The summed E-state index contributed by atoms with van der Waals surface area (Å²) in [5.41, 5.74) is 12.6. The van der Waals surface area contributed by atoms with E-state index in [0.29, 0.717) is 11.5 Å². The highest BCUT2D eigenvalue weighted by Crippen LogP contribution is 2.59. The molecule has 0 spiro atoms. The largest absolute Gasteiger partial charge is 0.497 e. The molecule has 0 heterocycles. The molecule has 206 valence electrons. The molecule has 0 radical (unpaired) electrons. The first-order valence-corrected chi connectivity index (χ1v) is 14.3. The zero-order chi connectivity index (χ0) is 28.5. The third-order valence-electron chi connectivity index (χ3n) is 9.11. The molecule has 0 aliphatic heterocycles. The Morgan fingerprint density at radius 2 is 0.857 bits per heavy atom. The first kappa shape index (κ1) is 24.8. The quantitative estimate of drug-likeness (QED) is 0.207. The second-order valence-corrected chi connectivity index (χ2v) is 11.0. The fourth-order valence-corrected chi connectivity index (χ4v) is 7.21. The predicted molar refractivity (Wildman–Crippen MR) is 170 cm³/mol. The molecule has 0 aromatic heterocycles. The molecule has 0 amide bonds. The molecule has 42 heavy (non-hydrogen) atoms. The van der Waals surface area contributed by atoms with Crippen molar-refractivity contribution in [3.63, 3.8) is 0 Å². The van der Waals surface area contributed by atoms with Crippen LogP contribution < -0.4 is 18.9 Å². The van der Waals surface area contributed by atoms with E-state index >= 15 is 0 Å². The smallest absolute Gasteiger partial charge is 0.161 e. The Morgan fingerprint density at radius 1 is 0.429 bits per heavy atom. The Bertz CT molecular complexity index is 1910. The van der Waals surface area contributed by atoms with Crippen LogP contribution in [0.3, 0.4) is 0 Å². The summed E-state index contributed by atoms with van der Waals surface area (Å²) >= 11 is 0. The third kappa shape index (κ3) is 3.35. The van der Waals surface area contributed by atoms with E-state index in [0.717, 1.165) is 46.2 Å². The monoisotopic (exact) mass is 550 g/mol. The van der Waals surface area contributed by atoms with Gasteiger partial charge in [-0.3, -0.25) is 0 Å². The zero-order valence-corrected chi connectivity index (χ0v) is 24.1. The number of fused-ring (bicyclic) bond motifs is 4. The number of aryl methyl sites for hydroxylation is 2. The van der Waals surface area contributed by atoms with Crippen LogP contribution >= 0.6 is 0 Å². The number of methoxy groups -OCH3 is 4. The van der Waals surface area contributed by atoms with Crippen LogP contribution in [0.15, 0.2) is 84.9 Å². The van der Waals surface area contributed by atoms with Crippen LogP contribution in [0, 0.1) is 0 Å². The summed E-state index contributed by atoms with van der Waals surface area (Å²) in [4.78, 5) is 0. The summed E-state index contributed by atoms with van der Waals surface area (Å²) < 4.78 is 22.8. The number of hydrogen-bond donors (Lipinski definition) is 0. The van der Waals surface area contributed by atoms with Gasteiger partial charge in [-0.1, -0.05) is 48.5 Å². The molecule has 2 aliphatic carbocycles. The normalized spacial score (nSPS) is 12.6. The summed E-state index contributed by atoms with van der Waals surface area (Å²) in [5, 5.41) is 5.03. The van der Waals surface area contributed by atoms with Gasteiger partial charge >= 0.3 is 0 Å². The highest BCUT2D eigenvalue weighted by atomic mass is 16.5. The zero-order valence-electron chi connectivity index (χ0n) is 24.1. The third-order valence-corrected chi connectivity index (χ3v) is 9.11. The van der Waals surface area contributed by atoms with Crippen molar-refractivity contribution in [2.75, 3.05) is 28.4 Å². The summed E-state index contributed by atoms with van der Waals surface area (Å²) in [5.74, 6) is 3.08. The van der Waals surface area contributed by atoms with Crippen molar-refractivity contribution in [3.8, 4) is 67.5 Å². The second-order valence-electron chi connectivity index (χ2n) is 11.0. The minimum atomic E-state index is 0.705. The fraction of sp³-hybridized carbons (Fsp3) is 0.158. The van der Waals surface area contributed by atoms with E-state index in [1.165, 1.54) is 55.3 Å². The predicted octanol–water partition coefficient (Wildman–Crippen LogP) is 9.11. The lowest BCUT2D eigenvalue weighted by Crippen LogP contribution is -1.97. The van der Waals surface area contributed by atoms with Gasteiger partial charge < -0.3 is 18.9 Å². The topological polar surface area (TPSA) is 36.9 Å². The summed E-state index contributed by atoms with van der Waals surface area (Å²) in [6, 6.07) is 30.5. The number of rotatable bonds is 6. The number of benzene rings is 6. The molecule has 8 rings (SSSR count). The lowest BCUT2D eigenvalue weighted by molar-refractivity contribution is 0.356. The average molecular weight is 551 g/mol. The molecule has 0 unspecified atom stereocenters. The molecule has 0 fully saturated rings. The summed E-state index contributed by atoms with van der Waals surface area (Å²) in [7, 11) is 6.81. The van der Waals surface area contributed by atoms with Crippen LogP contribution in [-0.2, 0) is 12.8 Å². The van der Waals surface area contributed by atoms with E-state index in [1.54, 1.807) is 28.4 Å². The summed E-state index contributed by atoms with van der Waals surface area (Å²) in [6.45, 7) is 0. The average Bonchev–Trinajstić information content (AvgIpc) is 3.61. The van der Waals surface area contributed by atoms with Gasteiger partial charge in [0, 0.05) is 0 Å². The van der Waals surface area contributed by atoms with Gasteiger partial charge in [0.25, 0.3) is 0 Å². The van der Waals surface area contributed by atoms with Gasteiger partial charge in [0.05, 0.1) is 28.4 Å². The van der Waals surface area contributed by atoms with Gasteiger partial charge in [-0.05, 0) is 126 Å². The van der Waals surface area contributed by atoms with Gasteiger partial charge in [-0.25, -0.2) is 0 Å².